The van der Waals surface area contributed by atoms with Gasteiger partial charge in [-0.05, 0) is 0 Å². The van der Waals surface area contributed by atoms with Crippen molar-refractivity contribution in [2.45, 2.75) is 0 Å². The van der Waals surface area contributed by atoms with Crippen LogP contribution >= 0.6 is 23.7 Å². The smallest absolute Gasteiger partial charge is 0.786 e. The summed E-state index contributed by atoms with van der Waals surface area (Å²) in [6.45, 7) is 0. The summed E-state index contributed by atoms with van der Waals surface area (Å²) in [5.41, 5.74) is 0. The molecule has 0 aromatic heterocycles. The van der Waals surface area contributed by atoms with Crippen molar-refractivity contribution in [3.8, 4) is 0 Å². The summed E-state index contributed by atoms with van der Waals surface area (Å²) < 4.78 is 55.7. The summed E-state index contributed by atoms with van der Waals surface area (Å²) in [7, 11) is -16.9. The second-order valence-corrected chi connectivity index (χ2v) is 3.88. The molecule has 0 saturated carbocycles. The molecule has 0 aromatic carbocycles. The van der Waals surface area contributed by atoms with Gasteiger partial charge in [0.25, 0.3) is 0 Å². The van der Waals surface area contributed by atoms with Gasteiger partial charge in [-0.25, -0.2) is 12.6 Å². The van der Waals surface area contributed by atoms with E-state index >= 15 is 0 Å². The first kappa shape index (κ1) is 31.3. The quantitative estimate of drug-likeness (QED) is 0.217. The first-order valence-electron chi connectivity index (χ1n) is 2.15. The summed E-state index contributed by atoms with van der Waals surface area (Å²) in [5, 5.41) is 0. The third-order valence-electron chi connectivity index (χ3n) is 0. The molecule has 0 spiro atoms. The third kappa shape index (κ3) is 1280. The molecular formula is F3O9P3Sb2. The van der Waals surface area contributed by atoms with Crippen molar-refractivity contribution in [3.63, 3.8) is 0 Å². The van der Waals surface area contributed by atoms with Gasteiger partial charge in [0, 0.05) is 0 Å². The first-order valence-corrected chi connectivity index (χ1v) is 6.45. The van der Waals surface area contributed by atoms with Crippen molar-refractivity contribution in [1.82, 2.24) is 0 Å². The van der Waals surface area contributed by atoms with E-state index in [1.54, 1.807) is 0 Å². The summed E-state index contributed by atoms with van der Waals surface area (Å²) in [6, 6.07) is 0. The van der Waals surface area contributed by atoms with Crippen molar-refractivity contribution >= 4 is 72.6 Å². The molecule has 0 rings (SSSR count). The standard InChI is InChI=1S/3FH2O3P.2Sb/c3*1-5(2,3)4;;/h3*(H2,2,3,4);;/q;;;2*+3/p-6. The van der Waals surface area contributed by atoms with Crippen molar-refractivity contribution in [2.24, 2.45) is 0 Å². The molecule has 0 amide bonds. The molecule has 0 saturated heterocycles. The van der Waals surface area contributed by atoms with Crippen LogP contribution in [0.3, 0.4) is 0 Å². The zero-order valence-corrected chi connectivity index (χ0v) is 14.8. The van der Waals surface area contributed by atoms with E-state index in [1.165, 1.54) is 0 Å². The molecule has 17 heteroatoms. The Morgan fingerprint density at radius 2 is 0.529 bits per heavy atom. The molecule has 9 nitrogen and oxygen atoms in total. The van der Waals surface area contributed by atoms with E-state index in [0.717, 1.165) is 0 Å². The average Bonchev–Trinajstić information content (AvgIpc) is 1.41. The van der Waals surface area contributed by atoms with Gasteiger partial charge in [0.1, 0.15) is 23.7 Å². The molecule has 0 heterocycles. The van der Waals surface area contributed by atoms with Gasteiger partial charge in [0.05, 0.1) is 0 Å². The Hall–Kier alpha value is 1.88. The van der Waals surface area contributed by atoms with E-state index in [1.807, 2.05) is 0 Å². The average molecular weight is 537 g/mol. The Morgan fingerprint density at radius 1 is 0.529 bits per heavy atom. The normalized spacial score (nSPS) is 10.4. The van der Waals surface area contributed by atoms with Crippen LogP contribution in [0, 0.1) is 0 Å². The summed E-state index contributed by atoms with van der Waals surface area (Å²) in [4.78, 5) is 50.6. The molecule has 0 aliphatic rings. The molecule has 0 aliphatic carbocycles. The van der Waals surface area contributed by atoms with Gasteiger partial charge in [-0.15, -0.1) is 0 Å². The van der Waals surface area contributed by atoms with Crippen molar-refractivity contribution in [2.75, 3.05) is 0 Å². The first-order chi connectivity index (χ1) is 6.00. The van der Waals surface area contributed by atoms with E-state index in [0.29, 0.717) is 0 Å². The van der Waals surface area contributed by atoms with Crippen LogP contribution in [0.2, 0.25) is 0 Å². The summed E-state index contributed by atoms with van der Waals surface area (Å²) >= 11 is 0. The van der Waals surface area contributed by atoms with Crippen LogP contribution in [0.5, 0.6) is 0 Å². The van der Waals surface area contributed by atoms with Crippen molar-refractivity contribution in [3.05, 3.63) is 0 Å². The Balaban J connectivity index is -0.0000000400. The SMILES string of the molecule is O=P([O-])([O-])F.O=P([O-])([O-])F.O=P([O-])([O-])F.[Sb+3].[Sb+3]. The minimum atomic E-state index is -5.64. The van der Waals surface area contributed by atoms with E-state index in [2.05, 4.69) is 0 Å². The molecule has 100 valence electrons. The van der Waals surface area contributed by atoms with Gasteiger partial charge in [0.2, 0.25) is 0 Å². The molecule has 0 atom stereocenters. The second-order valence-electron chi connectivity index (χ2n) is 1.29. The minimum absolute atomic E-state index is 0. The van der Waals surface area contributed by atoms with Gasteiger partial charge in [-0.1, -0.05) is 0 Å². The molecule has 4 radical (unpaired) electrons. The van der Waals surface area contributed by atoms with E-state index in [-0.39, 0.29) is 48.9 Å². The van der Waals surface area contributed by atoms with Crippen LogP contribution < -0.4 is 29.4 Å². The Labute approximate surface area is 128 Å². The van der Waals surface area contributed by atoms with Crippen LogP contribution in [0.4, 0.5) is 12.6 Å². The maximum Gasteiger partial charge on any atom is 3.00 e. The molecule has 0 aliphatic heterocycles. The molecule has 0 unspecified atom stereocenters. The van der Waals surface area contributed by atoms with Crippen molar-refractivity contribution in [1.29, 1.82) is 0 Å². The third-order valence-corrected chi connectivity index (χ3v) is 0. The van der Waals surface area contributed by atoms with Crippen LogP contribution in [0.25, 0.3) is 0 Å². The van der Waals surface area contributed by atoms with Gasteiger partial charge in [0.15, 0.2) is 0 Å². The maximum atomic E-state index is 10.1. The molecule has 0 aromatic rings. The van der Waals surface area contributed by atoms with Crippen LogP contribution in [-0.4, -0.2) is 48.9 Å². The Kier molecular flexibility index (Phi) is 23.7. The predicted molar refractivity (Wildman–Crippen MR) is 37.7 cm³/mol. The zero-order valence-electron chi connectivity index (χ0n) is 7.04. The summed E-state index contributed by atoms with van der Waals surface area (Å²) in [5.74, 6) is 0. The molecule has 0 fully saturated rings. The van der Waals surface area contributed by atoms with E-state index in [9.17, 15) is 12.6 Å². The minimum Gasteiger partial charge on any atom is -0.786 e. The van der Waals surface area contributed by atoms with Crippen LogP contribution in [0.1, 0.15) is 0 Å². The van der Waals surface area contributed by atoms with E-state index in [4.69, 9.17) is 43.1 Å². The number of halogens is 3. The van der Waals surface area contributed by atoms with Crippen molar-refractivity contribution < 1.29 is 55.6 Å². The fourth-order valence-corrected chi connectivity index (χ4v) is 0. The van der Waals surface area contributed by atoms with Gasteiger partial charge in [-0.3, -0.25) is 0 Å². The molecular weight excluding hydrogens is 537 g/mol. The second kappa shape index (κ2) is 12.9. The Morgan fingerprint density at radius 3 is 0.529 bits per heavy atom. The fourth-order valence-electron chi connectivity index (χ4n) is 0. The van der Waals surface area contributed by atoms with E-state index < -0.39 is 23.7 Å². The number of hydrogen-bond donors (Lipinski definition) is 0. The number of hydrogen-bond acceptors (Lipinski definition) is 9. The monoisotopic (exact) mass is 536 g/mol. The van der Waals surface area contributed by atoms with Gasteiger partial charge < -0.3 is 43.1 Å². The maximum absolute atomic E-state index is 10.1. The molecule has 0 N–H and O–H groups in total. The van der Waals surface area contributed by atoms with Gasteiger partial charge in [-0.2, -0.15) is 0 Å². The zero-order chi connectivity index (χ0) is 13.5. The Bertz CT molecular complexity index is 216. The number of rotatable bonds is 0. The fraction of sp³-hybridized carbons (Fsp3) is 0. The molecule has 0 bridgehead atoms. The topological polar surface area (TPSA) is 190 Å². The summed E-state index contributed by atoms with van der Waals surface area (Å²) in [6.07, 6.45) is 0. The van der Waals surface area contributed by atoms with Crippen LogP contribution in [0.15, 0.2) is 0 Å². The van der Waals surface area contributed by atoms with Gasteiger partial charge >= 0.3 is 48.9 Å². The largest absolute Gasteiger partial charge is 3.00 e. The predicted octanol–water partition coefficient (Wildman–Crippen LogP) is -4.41. The van der Waals surface area contributed by atoms with Crippen LogP contribution in [-0.2, 0) is 13.7 Å². The molecule has 17 heavy (non-hydrogen) atoms.